The Labute approximate surface area is 129 Å². The van der Waals surface area contributed by atoms with Gasteiger partial charge < -0.3 is 14.8 Å². The maximum atomic E-state index is 12.3. The SMILES string of the molecule is Cc1nc(-c2ccco2)ccc1C(=O)NCC1(O)CCCC1. The van der Waals surface area contributed by atoms with Crippen molar-refractivity contribution in [2.45, 2.75) is 38.2 Å². The summed E-state index contributed by atoms with van der Waals surface area (Å²) in [7, 11) is 0. The summed E-state index contributed by atoms with van der Waals surface area (Å²) in [6.45, 7) is 2.09. The second kappa shape index (κ2) is 5.93. The average molecular weight is 300 g/mol. The first-order valence-electron chi connectivity index (χ1n) is 7.60. The highest BCUT2D eigenvalue weighted by Crippen LogP contribution is 2.28. The number of aryl methyl sites for hydroxylation is 1. The van der Waals surface area contributed by atoms with Crippen LogP contribution in [0, 0.1) is 6.92 Å². The largest absolute Gasteiger partial charge is 0.463 e. The Hall–Kier alpha value is -2.14. The maximum absolute atomic E-state index is 12.3. The molecule has 1 saturated carbocycles. The number of hydrogen-bond donors (Lipinski definition) is 2. The van der Waals surface area contributed by atoms with E-state index in [1.807, 2.05) is 6.07 Å². The van der Waals surface area contributed by atoms with Gasteiger partial charge in [-0.1, -0.05) is 12.8 Å². The van der Waals surface area contributed by atoms with Gasteiger partial charge in [0.1, 0.15) is 5.69 Å². The minimum absolute atomic E-state index is 0.198. The molecule has 2 heterocycles. The van der Waals surface area contributed by atoms with Crippen molar-refractivity contribution in [1.82, 2.24) is 10.3 Å². The number of amides is 1. The highest BCUT2D eigenvalue weighted by molar-refractivity contribution is 5.95. The molecule has 2 aromatic rings. The van der Waals surface area contributed by atoms with Crippen molar-refractivity contribution >= 4 is 5.91 Å². The fourth-order valence-electron chi connectivity index (χ4n) is 2.91. The van der Waals surface area contributed by atoms with E-state index < -0.39 is 5.60 Å². The molecule has 1 aliphatic rings. The van der Waals surface area contributed by atoms with Crippen LogP contribution in [0.25, 0.3) is 11.5 Å². The molecule has 1 aliphatic carbocycles. The van der Waals surface area contributed by atoms with Crippen molar-refractivity contribution in [3.8, 4) is 11.5 Å². The number of aromatic nitrogens is 1. The van der Waals surface area contributed by atoms with Gasteiger partial charge in [-0.15, -0.1) is 0 Å². The van der Waals surface area contributed by atoms with E-state index in [0.717, 1.165) is 25.7 Å². The number of aliphatic hydroxyl groups is 1. The van der Waals surface area contributed by atoms with Crippen molar-refractivity contribution in [3.05, 3.63) is 41.8 Å². The highest BCUT2D eigenvalue weighted by Gasteiger charge is 2.31. The predicted molar refractivity (Wildman–Crippen MR) is 82.4 cm³/mol. The monoisotopic (exact) mass is 300 g/mol. The molecule has 0 atom stereocenters. The van der Waals surface area contributed by atoms with Gasteiger partial charge in [0.2, 0.25) is 0 Å². The summed E-state index contributed by atoms with van der Waals surface area (Å²) >= 11 is 0. The van der Waals surface area contributed by atoms with E-state index in [1.165, 1.54) is 0 Å². The molecule has 0 unspecified atom stereocenters. The lowest BCUT2D eigenvalue weighted by Gasteiger charge is -2.22. The van der Waals surface area contributed by atoms with E-state index in [9.17, 15) is 9.90 Å². The molecule has 5 heteroatoms. The van der Waals surface area contributed by atoms with Crippen molar-refractivity contribution in [2.24, 2.45) is 0 Å². The lowest BCUT2D eigenvalue weighted by atomic mass is 10.0. The van der Waals surface area contributed by atoms with Gasteiger partial charge in [0, 0.05) is 6.54 Å². The smallest absolute Gasteiger partial charge is 0.253 e. The van der Waals surface area contributed by atoms with Crippen LogP contribution in [0.5, 0.6) is 0 Å². The van der Waals surface area contributed by atoms with Crippen LogP contribution in [0.3, 0.4) is 0 Å². The molecule has 0 saturated heterocycles. The second-order valence-corrected chi connectivity index (χ2v) is 5.92. The number of nitrogens with one attached hydrogen (secondary N) is 1. The van der Waals surface area contributed by atoms with Crippen molar-refractivity contribution in [1.29, 1.82) is 0 Å². The molecule has 22 heavy (non-hydrogen) atoms. The lowest BCUT2D eigenvalue weighted by Crippen LogP contribution is -2.41. The fourth-order valence-corrected chi connectivity index (χ4v) is 2.91. The van der Waals surface area contributed by atoms with E-state index in [1.54, 1.807) is 31.4 Å². The number of pyridine rings is 1. The van der Waals surface area contributed by atoms with Crippen LogP contribution < -0.4 is 5.32 Å². The summed E-state index contributed by atoms with van der Waals surface area (Å²) in [6.07, 6.45) is 5.13. The molecule has 0 spiro atoms. The average Bonchev–Trinajstić information content (AvgIpc) is 3.17. The van der Waals surface area contributed by atoms with Gasteiger partial charge in [0.15, 0.2) is 5.76 Å². The number of rotatable bonds is 4. The Kier molecular flexibility index (Phi) is 3.98. The van der Waals surface area contributed by atoms with Crippen LogP contribution in [0.15, 0.2) is 34.9 Å². The fraction of sp³-hybridized carbons (Fsp3) is 0.412. The molecule has 2 aromatic heterocycles. The summed E-state index contributed by atoms with van der Waals surface area (Å²) in [5.74, 6) is 0.478. The Morgan fingerprint density at radius 2 is 2.14 bits per heavy atom. The Morgan fingerprint density at radius 3 is 2.77 bits per heavy atom. The summed E-state index contributed by atoms with van der Waals surface area (Å²) in [4.78, 5) is 16.7. The van der Waals surface area contributed by atoms with E-state index in [0.29, 0.717) is 29.3 Å². The first-order chi connectivity index (χ1) is 10.6. The van der Waals surface area contributed by atoms with E-state index in [2.05, 4.69) is 10.3 Å². The number of carbonyl (C=O) groups excluding carboxylic acids is 1. The summed E-state index contributed by atoms with van der Waals surface area (Å²) in [5.41, 5.74) is 1.13. The van der Waals surface area contributed by atoms with Crippen molar-refractivity contribution in [2.75, 3.05) is 6.54 Å². The Balaban J connectivity index is 1.70. The normalized spacial score (nSPS) is 16.6. The van der Waals surface area contributed by atoms with Gasteiger partial charge in [0.05, 0.1) is 23.1 Å². The Bertz CT molecular complexity index is 659. The molecular formula is C17H20N2O3. The first-order valence-corrected chi connectivity index (χ1v) is 7.60. The molecular weight excluding hydrogens is 280 g/mol. The van der Waals surface area contributed by atoms with Gasteiger partial charge in [-0.05, 0) is 44.0 Å². The van der Waals surface area contributed by atoms with Crippen LogP contribution in [0.4, 0.5) is 0 Å². The van der Waals surface area contributed by atoms with Crippen LogP contribution in [0.2, 0.25) is 0 Å². The zero-order valence-corrected chi connectivity index (χ0v) is 12.6. The van der Waals surface area contributed by atoms with Crippen LogP contribution >= 0.6 is 0 Å². The van der Waals surface area contributed by atoms with Crippen molar-refractivity contribution < 1.29 is 14.3 Å². The molecule has 0 radical (unpaired) electrons. The third kappa shape index (κ3) is 3.04. The molecule has 5 nitrogen and oxygen atoms in total. The van der Waals surface area contributed by atoms with Gasteiger partial charge in [0.25, 0.3) is 5.91 Å². The molecule has 2 N–H and O–H groups in total. The predicted octanol–water partition coefficient (Wildman–Crippen LogP) is 2.68. The zero-order chi connectivity index (χ0) is 15.6. The number of furan rings is 1. The molecule has 0 aromatic carbocycles. The van der Waals surface area contributed by atoms with Crippen LogP contribution in [-0.2, 0) is 0 Å². The van der Waals surface area contributed by atoms with Gasteiger partial charge in [-0.2, -0.15) is 0 Å². The standard InChI is InChI=1S/C17H20N2O3/c1-12-13(6-7-14(19-12)15-5-4-10-22-15)16(20)18-11-17(21)8-2-3-9-17/h4-7,10,21H,2-3,8-9,11H2,1H3,(H,18,20). The molecule has 0 bridgehead atoms. The van der Waals surface area contributed by atoms with Crippen molar-refractivity contribution in [3.63, 3.8) is 0 Å². The lowest BCUT2D eigenvalue weighted by molar-refractivity contribution is 0.0449. The quantitative estimate of drug-likeness (QED) is 0.910. The van der Waals surface area contributed by atoms with E-state index >= 15 is 0 Å². The van der Waals surface area contributed by atoms with Crippen LogP contribution in [0.1, 0.15) is 41.7 Å². The molecule has 116 valence electrons. The van der Waals surface area contributed by atoms with Crippen LogP contribution in [-0.4, -0.2) is 28.1 Å². The molecule has 1 amide bonds. The maximum Gasteiger partial charge on any atom is 0.253 e. The number of hydrogen-bond acceptors (Lipinski definition) is 4. The highest BCUT2D eigenvalue weighted by atomic mass is 16.3. The molecule has 0 aliphatic heterocycles. The van der Waals surface area contributed by atoms with Gasteiger partial charge >= 0.3 is 0 Å². The van der Waals surface area contributed by atoms with E-state index in [-0.39, 0.29) is 5.91 Å². The minimum Gasteiger partial charge on any atom is -0.463 e. The number of carbonyl (C=O) groups is 1. The summed E-state index contributed by atoms with van der Waals surface area (Å²) in [5, 5.41) is 13.1. The van der Waals surface area contributed by atoms with Gasteiger partial charge in [-0.25, -0.2) is 4.98 Å². The second-order valence-electron chi connectivity index (χ2n) is 5.92. The zero-order valence-electron chi connectivity index (χ0n) is 12.6. The minimum atomic E-state index is -0.745. The van der Waals surface area contributed by atoms with Gasteiger partial charge in [-0.3, -0.25) is 4.79 Å². The Morgan fingerprint density at radius 1 is 1.36 bits per heavy atom. The molecule has 1 fully saturated rings. The number of nitrogens with zero attached hydrogens (tertiary/aromatic N) is 1. The molecule has 3 rings (SSSR count). The summed E-state index contributed by atoms with van der Waals surface area (Å²) in [6, 6.07) is 7.14. The third-order valence-corrected chi connectivity index (χ3v) is 4.22. The first kappa shape index (κ1) is 14.8. The topological polar surface area (TPSA) is 75.4 Å². The van der Waals surface area contributed by atoms with E-state index in [4.69, 9.17) is 4.42 Å². The third-order valence-electron chi connectivity index (χ3n) is 4.22. The summed E-state index contributed by atoms with van der Waals surface area (Å²) < 4.78 is 5.31.